The van der Waals surface area contributed by atoms with Gasteiger partial charge in [-0.2, -0.15) is 4.98 Å². The molecule has 2 atom stereocenters. The van der Waals surface area contributed by atoms with Crippen LogP contribution in [0.1, 0.15) is 51.7 Å². The Balaban J connectivity index is 2.65. The minimum atomic E-state index is -0.000129. The van der Waals surface area contributed by atoms with Crippen molar-refractivity contribution < 1.29 is 9.26 Å². The lowest BCUT2D eigenvalue weighted by Crippen LogP contribution is -2.28. The van der Waals surface area contributed by atoms with E-state index in [1.165, 1.54) is 0 Å². The molecule has 1 rings (SSSR count). The molecule has 1 aromatic rings. The zero-order valence-electron chi connectivity index (χ0n) is 11.1. The van der Waals surface area contributed by atoms with Gasteiger partial charge < -0.3 is 15.0 Å². The minimum Gasteiger partial charge on any atom is -0.373 e. The number of rotatable bonds is 7. The Morgan fingerprint density at radius 2 is 2.06 bits per heavy atom. The maximum Gasteiger partial charge on any atom is 0.231 e. The van der Waals surface area contributed by atoms with Crippen molar-refractivity contribution in [3.05, 3.63) is 11.7 Å². The molecule has 0 radical (unpaired) electrons. The Kier molecular flexibility index (Phi) is 5.58. The molecule has 2 N–H and O–H groups in total. The summed E-state index contributed by atoms with van der Waals surface area (Å²) >= 11 is 0. The van der Waals surface area contributed by atoms with E-state index in [2.05, 4.69) is 30.9 Å². The summed E-state index contributed by atoms with van der Waals surface area (Å²) in [5, 5.41) is 3.91. The number of aromatic nitrogens is 2. The van der Waals surface area contributed by atoms with Crippen LogP contribution in [0, 0.1) is 5.92 Å². The van der Waals surface area contributed by atoms with Crippen molar-refractivity contribution in [1.82, 2.24) is 10.1 Å². The van der Waals surface area contributed by atoms with Crippen LogP contribution in [0.5, 0.6) is 0 Å². The first kappa shape index (κ1) is 14.1. The Hall–Kier alpha value is -0.940. The minimum absolute atomic E-state index is 0.000129. The monoisotopic (exact) mass is 241 g/mol. The average Bonchev–Trinajstić information content (AvgIpc) is 2.65. The lowest BCUT2D eigenvalue weighted by atomic mass is 9.90. The van der Waals surface area contributed by atoms with Crippen molar-refractivity contribution >= 4 is 0 Å². The van der Waals surface area contributed by atoms with E-state index in [4.69, 9.17) is 15.0 Å². The van der Waals surface area contributed by atoms with Crippen molar-refractivity contribution in [2.45, 2.75) is 52.7 Å². The summed E-state index contributed by atoms with van der Waals surface area (Å²) in [5.41, 5.74) is 5.94. The van der Waals surface area contributed by atoms with E-state index in [9.17, 15) is 0 Å². The lowest BCUT2D eigenvalue weighted by Gasteiger charge is -2.20. The smallest absolute Gasteiger partial charge is 0.231 e. The number of hydrogen-bond acceptors (Lipinski definition) is 5. The van der Waals surface area contributed by atoms with Crippen LogP contribution in [0.2, 0.25) is 0 Å². The fourth-order valence-corrected chi connectivity index (χ4v) is 1.89. The summed E-state index contributed by atoms with van der Waals surface area (Å²) in [6.45, 7) is 9.34. The molecule has 98 valence electrons. The number of hydrogen-bond donors (Lipinski definition) is 1. The lowest BCUT2D eigenvalue weighted by molar-refractivity contribution is 0.114. The molecule has 0 saturated heterocycles. The second-order valence-corrected chi connectivity index (χ2v) is 4.73. The molecule has 1 heterocycles. The first-order valence-electron chi connectivity index (χ1n) is 6.22. The Labute approximate surface area is 103 Å². The third kappa shape index (κ3) is 4.09. The molecule has 0 saturated carbocycles. The highest BCUT2D eigenvalue weighted by atomic mass is 16.5. The molecular weight excluding hydrogens is 218 g/mol. The van der Waals surface area contributed by atoms with E-state index in [0.717, 1.165) is 6.42 Å². The maximum atomic E-state index is 5.94. The molecule has 0 aliphatic rings. The van der Waals surface area contributed by atoms with Gasteiger partial charge >= 0.3 is 0 Å². The molecule has 0 aliphatic heterocycles. The van der Waals surface area contributed by atoms with Gasteiger partial charge in [-0.25, -0.2) is 0 Å². The molecule has 0 aromatic carbocycles. The third-order valence-electron chi connectivity index (χ3n) is 2.63. The van der Waals surface area contributed by atoms with E-state index < -0.39 is 0 Å². The van der Waals surface area contributed by atoms with Crippen LogP contribution < -0.4 is 5.73 Å². The first-order chi connectivity index (χ1) is 8.06. The SMILES string of the molecule is CCCOCc1noc(C(C(C)C)C(C)N)n1. The van der Waals surface area contributed by atoms with Gasteiger partial charge in [-0.3, -0.25) is 0 Å². The molecule has 17 heavy (non-hydrogen) atoms. The van der Waals surface area contributed by atoms with E-state index in [0.29, 0.717) is 30.8 Å². The molecule has 0 fully saturated rings. The fourth-order valence-electron chi connectivity index (χ4n) is 1.89. The van der Waals surface area contributed by atoms with Crippen molar-refractivity contribution in [3.63, 3.8) is 0 Å². The zero-order valence-corrected chi connectivity index (χ0v) is 11.1. The van der Waals surface area contributed by atoms with Gasteiger partial charge in [-0.1, -0.05) is 25.9 Å². The molecule has 0 bridgehead atoms. The Bertz CT molecular complexity index is 315. The summed E-state index contributed by atoms with van der Waals surface area (Å²) in [6, 6.07) is -0.000129. The van der Waals surface area contributed by atoms with Gasteiger partial charge in [0.2, 0.25) is 5.89 Å². The Morgan fingerprint density at radius 1 is 1.35 bits per heavy atom. The van der Waals surface area contributed by atoms with E-state index in [1.807, 2.05) is 6.92 Å². The topological polar surface area (TPSA) is 74.2 Å². The van der Waals surface area contributed by atoms with Crippen molar-refractivity contribution in [2.24, 2.45) is 11.7 Å². The van der Waals surface area contributed by atoms with Crippen LogP contribution in [0.3, 0.4) is 0 Å². The zero-order chi connectivity index (χ0) is 12.8. The predicted molar refractivity (Wildman–Crippen MR) is 65.5 cm³/mol. The number of ether oxygens (including phenoxy) is 1. The summed E-state index contributed by atoms with van der Waals surface area (Å²) in [5.74, 6) is 1.69. The van der Waals surface area contributed by atoms with Crippen LogP contribution in [-0.4, -0.2) is 22.8 Å². The highest BCUT2D eigenvalue weighted by Gasteiger charge is 2.26. The molecule has 5 nitrogen and oxygen atoms in total. The van der Waals surface area contributed by atoms with Gasteiger partial charge in [-0.15, -0.1) is 0 Å². The molecule has 0 spiro atoms. The van der Waals surface area contributed by atoms with Gasteiger partial charge in [0.15, 0.2) is 5.82 Å². The van der Waals surface area contributed by atoms with Crippen LogP contribution >= 0.6 is 0 Å². The Morgan fingerprint density at radius 3 is 2.59 bits per heavy atom. The highest BCUT2D eigenvalue weighted by molar-refractivity contribution is 4.98. The second kappa shape index (κ2) is 6.71. The van der Waals surface area contributed by atoms with Crippen molar-refractivity contribution in [1.29, 1.82) is 0 Å². The normalized spacial score (nSPS) is 15.2. The van der Waals surface area contributed by atoms with Crippen LogP contribution in [0.15, 0.2) is 4.52 Å². The molecular formula is C12H23N3O2. The predicted octanol–water partition coefficient (Wildman–Crippen LogP) is 2.08. The van der Waals surface area contributed by atoms with E-state index >= 15 is 0 Å². The first-order valence-corrected chi connectivity index (χ1v) is 6.22. The third-order valence-corrected chi connectivity index (χ3v) is 2.63. The quantitative estimate of drug-likeness (QED) is 0.740. The van der Waals surface area contributed by atoms with Gasteiger partial charge in [0.05, 0.1) is 5.92 Å². The average molecular weight is 241 g/mol. The van der Waals surface area contributed by atoms with Crippen LogP contribution in [0.4, 0.5) is 0 Å². The highest BCUT2D eigenvalue weighted by Crippen LogP contribution is 2.25. The van der Waals surface area contributed by atoms with Gasteiger partial charge in [0.1, 0.15) is 6.61 Å². The summed E-state index contributed by atoms with van der Waals surface area (Å²) in [4.78, 5) is 4.34. The van der Waals surface area contributed by atoms with Crippen molar-refractivity contribution in [2.75, 3.05) is 6.61 Å². The molecule has 0 aliphatic carbocycles. The van der Waals surface area contributed by atoms with Crippen LogP contribution in [0.25, 0.3) is 0 Å². The van der Waals surface area contributed by atoms with E-state index in [-0.39, 0.29) is 12.0 Å². The number of nitrogens with two attached hydrogens (primary N) is 1. The van der Waals surface area contributed by atoms with Crippen LogP contribution in [-0.2, 0) is 11.3 Å². The molecule has 5 heteroatoms. The van der Waals surface area contributed by atoms with Gasteiger partial charge in [0, 0.05) is 12.6 Å². The summed E-state index contributed by atoms with van der Waals surface area (Å²) in [7, 11) is 0. The maximum absolute atomic E-state index is 5.94. The fraction of sp³-hybridized carbons (Fsp3) is 0.833. The number of nitrogens with zero attached hydrogens (tertiary/aromatic N) is 2. The van der Waals surface area contributed by atoms with Crippen molar-refractivity contribution in [3.8, 4) is 0 Å². The molecule has 2 unspecified atom stereocenters. The standard InChI is InChI=1S/C12H23N3O2/c1-5-6-16-7-10-14-12(17-15-10)11(8(2)3)9(4)13/h8-9,11H,5-7,13H2,1-4H3. The molecule has 0 amide bonds. The van der Waals surface area contributed by atoms with E-state index in [1.54, 1.807) is 0 Å². The van der Waals surface area contributed by atoms with Gasteiger partial charge in [0.25, 0.3) is 0 Å². The largest absolute Gasteiger partial charge is 0.373 e. The second-order valence-electron chi connectivity index (χ2n) is 4.73. The molecule has 1 aromatic heterocycles. The summed E-state index contributed by atoms with van der Waals surface area (Å²) < 4.78 is 10.6. The van der Waals surface area contributed by atoms with Gasteiger partial charge in [-0.05, 0) is 19.3 Å². The summed E-state index contributed by atoms with van der Waals surface area (Å²) in [6.07, 6.45) is 0.985.